The monoisotopic (exact) mass is 556 g/mol. The van der Waals surface area contributed by atoms with E-state index in [0.29, 0.717) is 23.2 Å². The normalized spacial score (nSPS) is 25.6. The standard InChI is InChI=1S/C27H40N8O3S/c1-16-9-11-18(12-10-16)14-35-21-22(28-17(2)19-6-4-7-19)29-24(25-32-27(36)38-33-25)30-23(21)31-26(35)34-13-5-8-20(34)15-39(3)37/h16-20H,4-15H2,1-3H3,(H,28,29,30)(H,32,33,36). The van der Waals surface area contributed by atoms with E-state index in [1.54, 1.807) is 6.26 Å². The summed E-state index contributed by atoms with van der Waals surface area (Å²) in [6.45, 7) is 6.30. The molecule has 2 N–H and O–H groups in total. The number of anilines is 2. The van der Waals surface area contributed by atoms with Crippen molar-refractivity contribution < 1.29 is 8.73 Å². The van der Waals surface area contributed by atoms with Crippen molar-refractivity contribution in [1.29, 1.82) is 0 Å². The summed E-state index contributed by atoms with van der Waals surface area (Å²) >= 11 is 0. The molecule has 0 bridgehead atoms. The average molecular weight is 557 g/mol. The van der Waals surface area contributed by atoms with Crippen molar-refractivity contribution in [2.45, 2.75) is 90.3 Å². The number of aromatic nitrogens is 6. The van der Waals surface area contributed by atoms with Gasteiger partial charge in [0.25, 0.3) is 0 Å². The Labute approximate surface area is 231 Å². The summed E-state index contributed by atoms with van der Waals surface area (Å²) in [7, 11) is -0.894. The van der Waals surface area contributed by atoms with Crippen LogP contribution in [-0.4, -0.2) is 64.5 Å². The summed E-state index contributed by atoms with van der Waals surface area (Å²) in [6, 6.07) is 0.424. The van der Waals surface area contributed by atoms with Gasteiger partial charge in [0.2, 0.25) is 17.6 Å². The van der Waals surface area contributed by atoms with Gasteiger partial charge in [-0.1, -0.05) is 31.3 Å². The lowest BCUT2D eigenvalue weighted by atomic mass is 9.80. The van der Waals surface area contributed by atoms with Crippen LogP contribution in [0.2, 0.25) is 0 Å². The summed E-state index contributed by atoms with van der Waals surface area (Å²) < 4.78 is 19.3. The van der Waals surface area contributed by atoms with Gasteiger partial charge in [-0.25, -0.2) is 14.8 Å². The predicted molar refractivity (Wildman–Crippen MR) is 152 cm³/mol. The third kappa shape index (κ3) is 5.49. The summed E-state index contributed by atoms with van der Waals surface area (Å²) in [4.78, 5) is 31.5. The van der Waals surface area contributed by atoms with Crippen molar-refractivity contribution in [1.82, 2.24) is 29.7 Å². The van der Waals surface area contributed by atoms with Crippen molar-refractivity contribution in [3.8, 4) is 11.6 Å². The number of hydrogen-bond donors (Lipinski definition) is 2. The lowest BCUT2D eigenvalue weighted by Gasteiger charge is -2.33. The average Bonchev–Trinajstić information content (AvgIpc) is 3.58. The Bertz CT molecular complexity index is 1390. The Morgan fingerprint density at radius 1 is 1.10 bits per heavy atom. The molecule has 0 radical (unpaired) electrons. The molecule has 3 aliphatic rings. The SMILES string of the molecule is CC1CCC(Cn2c(N3CCCC3CS(C)=O)nc3nc(-c4noc(=O)[nH]4)nc(NC(C)C4CCC4)c32)CC1. The van der Waals surface area contributed by atoms with Gasteiger partial charge in [0.1, 0.15) is 5.52 Å². The zero-order chi connectivity index (χ0) is 27.1. The summed E-state index contributed by atoms with van der Waals surface area (Å²) in [5, 5.41) is 7.56. The molecule has 2 aliphatic carbocycles. The Kier molecular flexibility index (Phi) is 7.47. The van der Waals surface area contributed by atoms with Gasteiger partial charge in [-0.3, -0.25) is 13.7 Å². The largest absolute Gasteiger partial charge is 0.439 e. The molecular weight excluding hydrogens is 516 g/mol. The molecular formula is C27H40N8O3S. The maximum absolute atomic E-state index is 12.2. The fourth-order valence-corrected chi connectivity index (χ4v) is 7.42. The fraction of sp³-hybridized carbons (Fsp3) is 0.741. The first kappa shape index (κ1) is 26.5. The molecule has 212 valence electrons. The molecule has 3 fully saturated rings. The molecule has 0 spiro atoms. The third-order valence-electron chi connectivity index (χ3n) is 9.09. The summed E-state index contributed by atoms with van der Waals surface area (Å²) in [6.07, 6.45) is 12.4. The highest BCUT2D eigenvalue weighted by molar-refractivity contribution is 7.84. The maximum Gasteiger partial charge on any atom is 0.439 e. The van der Waals surface area contributed by atoms with Gasteiger partial charge in [0, 0.05) is 48.0 Å². The first-order valence-corrected chi connectivity index (χ1v) is 16.3. The number of rotatable bonds is 9. The van der Waals surface area contributed by atoms with E-state index in [1.807, 2.05) is 0 Å². The van der Waals surface area contributed by atoms with Crippen LogP contribution in [0.3, 0.4) is 0 Å². The molecule has 2 saturated carbocycles. The van der Waals surface area contributed by atoms with E-state index in [9.17, 15) is 9.00 Å². The van der Waals surface area contributed by atoms with Gasteiger partial charge in [-0.15, -0.1) is 0 Å². The fourth-order valence-electron chi connectivity index (χ4n) is 6.54. The third-order valence-corrected chi connectivity index (χ3v) is 9.95. The predicted octanol–water partition coefficient (Wildman–Crippen LogP) is 3.94. The van der Waals surface area contributed by atoms with Crippen molar-refractivity contribution >= 4 is 33.7 Å². The van der Waals surface area contributed by atoms with Crippen molar-refractivity contribution in [3.63, 3.8) is 0 Å². The highest BCUT2D eigenvalue weighted by Crippen LogP contribution is 2.37. The quantitative estimate of drug-likeness (QED) is 0.402. The van der Waals surface area contributed by atoms with Crippen LogP contribution in [0.1, 0.15) is 71.6 Å². The number of nitrogens with zero attached hydrogens (tertiary/aromatic N) is 6. The molecule has 11 nitrogen and oxygen atoms in total. The highest BCUT2D eigenvalue weighted by Gasteiger charge is 2.33. The minimum Gasteiger partial charge on any atom is -0.365 e. The minimum atomic E-state index is -0.894. The molecule has 3 atom stereocenters. The van der Waals surface area contributed by atoms with Gasteiger partial charge in [0.15, 0.2) is 11.5 Å². The molecule has 4 heterocycles. The van der Waals surface area contributed by atoms with Crippen LogP contribution >= 0.6 is 0 Å². The van der Waals surface area contributed by atoms with Crippen LogP contribution in [0, 0.1) is 17.8 Å². The lowest BCUT2D eigenvalue weighted by Crippen LogP contribution is -2.36. The van der Waals surface area contributed by atoms with Crippen LogP contribution in [-0.2, 0) is 17.3 Å². The molecule has 1 aliphatic heterocycles. The Balaban J connectivity index is 1.48. The van der Waals surface area contributed by atoms with Gasteiger partial charge >= 0.3 is 5.76 Å². The number of imidazole rings is 1. The molecule has 0 amide bonds. The van der Waals surface area contributed by atoms with E-state index in [4.69, 9.17) is 19.5 Å². The molecule has 3 aromatic heterocycles. The number of fused-ring (bicyclic) bond motifs is 1. The Hall–Kier alpha value is -2.76. The Morgan fingerprint density at radius 3 is 2.56 bits per heavy atom. The van der Waals surface area contributed by atoms with E-state index < -0.39 is 16.6 Å². The van der Waals surface area contributed by atoms with E-state index in [0.717, 1.165) is 49.1 Å². The van der Waals surface area contributed by atoms with Gasteiger partial charge in [0.05, 0.1) is 0 Å². The molecule has 6 rings (SSSR count). The van der Waals surface area contributed by atoms with E-state index in [1.165, 1.54) is 44.9 Å². The number of aromatic amines is 1. The molecule has 1 saturated heterocycles. The topological polar surface area (TPSA) is 135 Å². The van der Waals surface area contributed by atoms with Gasteiger partial charge in [-0.05, 0) is 63.2 Å². The van der Waals surface area contributed by atoms with Crippen molar-refractivity contribution in [2.75, 3.05) is 28.8 Å². The lowest BCUT2D eigenvalue weighted by molar-refractivity contribution is 0.266. The minimum absolute atomic E-state index is 0.183. The molecule has 0 aromatic carbocycles. The zero-order valence-electron chi connectivity index (χ0n) is 23.2. The molecule has 39 heavy (non-hydrogen) atoms. The highest BCUT2D eigenvalue weighted by atomic mass is 32.2. The number of nitrogens with one attached hydrogen (secondary N) is 2. The van der Waals surface area contributed by atoms with Crippen molar-refractivity contribution in [3.05, 3.63) is 10.6 Å². The van der Waals surface area contributed by atoms with E-state index >= 15 is 0 Å². The van der Waals surface area contributed by atoms with Gasteiger partial charge in [-0.2, -0.15) is 4.98 Å². The maximum atomic E-state index is 12.2. The zero-order valence-corrected chi connectivity index (χ0v) is 24.0. The van der Waals surface area contributed by atoms with Crippen LogP contribution < -0.4 is 16.0 Å². The van der Waals surface area contributed by atoms with Crippen LogP contribution in [0.5, 0.6) is 0 Å². The summed E-state index contributed by atoms with van der Waals surface area (Å²) in [5.41, 5.74) is 1.47. The first-order valence-electron chi connectivity index (χ1n) is 14.5. The summed E-state index contributed by atoms with van der Waals surface area (Å²) in [5.74, 6) is 4.00. The van der Waals surface area contributed by atoms with E-state index in [2.05, 4.69) is 38.8 Å². The molecule has 12 heteroatoms. The Morgan fingerprint density at radius 2 is 1.90 bits per heavy atom. The number of H-pyrrole nitrogens is 1. The van der Waals surface area contributed by atoms with Crippen LogP contribution in [0.25, 0.3) is 22.8 Å². The second kappa shape index (κ2) is 11.0. The smallest absolute Gasteiger partial charge is 0.365 e. The second-order valence-electron chi connectivity index (χ2n) is 12.0. The molecule has 3 unspecified atom stereocenters. The second-order valence-corrected chi connectivity index (χ2v) is 13.5. The van der Waals surface area contributed by atoms with Gasteiger partial charge < -0.3 is 14.8 Å². The number of hydrogen-bond acceptors (Lipinski definition) is 9. The first-order chi connectivity index (χ1) is 18.9. The van der Waals surface area contributed by atoms with Crippen LogP contribution in [0.4, 0.5) is 11.8 Å². The van der Waals surface area contributed by atoms with E-state index in [-0.39, 0.29) is 23.7 Å². The molecule has 3 aromatic rings. The van der Waals surface area contributed by atoms with Crippen LogP contribution in [0.15, 0.2) is 9.32 Å². The van der Waals surface area contributed by atoms with Crippen molar-refractivity contribution in [2.24, 2.45) is 17.8 Å².